The first-order valence-electron chi connectivity index (χ1n) is 7.33. The Morgan fingerprint density at radius 2 is 1.85 bits per heavy atom. The van der Waals surface area contributed by atoms with E-state index >= 15 is 0 Å². The summed E-state index contributed by atoms with van der Waals surface area (Å²) in [6.07, 6.45) is 0. The molecule has 3 nitrogen and oxygen atoms in total. The van der Waals surface area contributed by atoms with Crippen LogP contribution < -0.4 is 10.5 Å². The summed E-state index contributed by atoms with van der Waals surface area (Å²) in [6, 6.07) is 7.88. The first-order valence-corrected chi connectivity index (χ1v) is 7.33. The van der Waals surface area contributed by atoms with Crippen molar-refractivity contribution >= 4 is 0 Å². The second kappa shape index (κ2) is 7.33. The topological polar surface area (TPSA) is 38.5 Å². The van der Waals surface area contributed by atoms with Crippen molar-refractivity contribution in [2.45, 2.75) is 13.8 Å². The largest absolute Gasteiger partial charge is 0.492 e. The maximum absolute atomic E-state index is 5.78. The number of hydrogen-bond acceptors (Lipinski definition) is 3. The molecule has 1 fully saturated rings. The molecule has 2 N–H and O–H groups in total. The van der Waals surface area contributed by atoms with Gasteiger partial charge in [0.1, 0.15) is 12.4 Å². The van der Waals surface area contributed by atoms with Crippen molar-refractivity contribution in [3.8, 4) is 17.6 Å². The molecule has 1 aliphatic rings. The zero-order valence-corrected chi connectivity index (χ0v) is 12.4. The minimum Gasteiger partial charge on any atom is -0.492 e. The quantitative estimate of drug-likeness (QED) is 0.852. The Balaban J connectivity index is 1.74. The van der Waals surface area contributed by atoms with Crippen molar-refractivity contribution < 1.29 is 4.74 Å². The van der Waals surface area contributed by atoms with Crippen molar-refractivity contribution in [1.82, 2.24) is 4.90 Å². The van der Waals surface area contributed by atoms with Crippen LogP contribution in [-0.4, -0.2) is 37.7 Å². The Labute approximate surface area is 122 Å². The average Bonchev–Trinajstić information content (AvgIpc) is 2.77. The summed E-state index contributed by atoms with van der Waals surface area (Å²) in [6.45, 7) is 9.18. The van der Waals surface area contributed by atoms with Crippen LogP contribution in [0.25, 0.3) is 0 Å². The van der Waals surface area contributed by atoms with Crippen LogP contribution in [0.2, 0.25) is 0 Å². The van der Waals surface area contributed by atoms with Crippen molar-refractivity contribution in [3.05, 3.63) is 29.8 Å². The molecule has 3 heteroatoms. The van der Waals surface area contributed by atoms with Crippen LogP contribution >= 0.6 is 0 Å². The number of likely N-dealkylation sites (tertiary alicyclic amines) is 1. The van der Waals surface area contributed by atoms with E-state index < -0.39 is 0 Å². The van der Waals surface area contributed by atoms with Crippen LogP contribution in [0.1, 0.15) is 19.4 Å². The van der Waals surface area contributed by atoms with Gasteiger partial charge in [-0.2, -0.15) is 0 Å². The predicted octanol–water partition coefficient (Wildman–Crippen LogP) is 1.96. The van der Waals surface area contributed by atoms with Gasteiger partial charge in [-0.15, -0.1) is 0 Å². The molecule has 0 aliphatic carbocycles. The average molecular weight is 272 g/mol. The van der Waals surface area contributed by atoms with Crippen LogP contribution in [-0.2, 0) is 0 Å². The molecular formula is C17H24N2O. The zero-order chi connectivity index (χ0) is 14.4. The molecular weight excluding hydrogens is 248 g/mol. The van der Waals surface area contributed by atoms with Gasteiger partial charge in [0.05, 0.1) is 6.54 Å². The van der Waals surface area contributed by atoms with E-state index in [2.05, 4.69) is 30.6 Å². The summed E-state index contributed by atoms with van der Waals surface area (Å²) in [5.41, 5.74) is 6.33. The number of hydrogen-bond donors (Lipinski definition) is 1. The van der Waals surface area contributed by atoms with Crippen molar-refractivity contribution in [2.24, 2.45) is 17.6 Å². The molecule has 0 amide bonds. The molecule has 2 rings (SSSR count). The van der Waals surface area contributed by atoms with Gasteiger partial charge >= 0.3 is 0 Å². The van der Waals surface area contributed by atoms with Crippen LogP contribution in [0.3, 0.4) is 0 Å². The Morgan fingerprint density at radius 1 is 1.20 bits per heavy atom. The third-order valence-corrected chi connectivity index (χ3v) is 3.93. The molecule has 20 heavy (non-hydrogen) atoms. The van der Waals surface area contributed by atoms with Gasteiger partial charge in [0.25, 0.3) is 0 Å². The lowest BCUT2D eigenvalue weighted by Gasteiger charge is -2.15. The molecule has 0 spiro atoms. The Hall–Kier alpha value is -1.50. The fourth-order valence-electron chi connectivity index (χ4n) is 2.51. The lowest BCUT2D eigenvalue weighted by molar-refractivity contribution is 0.232. The molecule has 0 bridgehead atoms. The van der Waals surface area contributed by atoms with Gasteiger partial charge in [-0.3, -0.25) is 4.90 Å². The molecule has 1 aromatic carbocycles. The minimum atomic E-state index is 0.394. The third-order valence-electron chi connectivity index (χ3n) is 3.93. The van der Waals surface area contributed by atoms with E-state index in [9.17, 15) is 0 Å². The molecule has 1 heterocycles. The second-order valence-corrected chi connectivity index (χ2v) is 5.59. The van der Waals surface area contributed by atoms with E-state index in [4.69, 9.17) is 10.5 Å². The number of rotatable bonds is 4. The van der Waals surface area contributed by atoms with Crippen molar-refractivity contribution in [2.75, 3.05) is 32.8 Å². The molecule has 108 valence electrons. The van der Waals surface area contributed by atoms with Crippen molar-refractivity contribution in [3.63, 3.8) is 0 Å². The first-order chi connectivity index (χ1) is 9.69. The smallest absolute Gasteiger partial charge is 0.119 e. The second-order valence-electron chi connectivity index (χ2n) is 5.59. The maximum Gasteiger partial charge on any atom is 0.119 e. The maximum atomic E-state index is 5.78. The summed E-state index contributed by atoms with van der Waals surface area (Å²) >= 11 is 0. The SMILES string of the molecule is CC1CN(CCOc2ccc(C#CCN)cc2)CC1C. The normalized spacial score (nSPS) is 22.4. The van der Waals surface area contributed by atoms with Gasteiger partial charge in [0, 0.05) is 25.2 Å². The highest BCUT2D eigenvalue weighted by atomic mass is 16.5. The van der Waals surface area contributed by atoms with Gasteiger partial charge in [-0.1, -0.05) is 25.7 Å². The van der Waals surface area contributed by atoms with E-state index in [0.29, 0.717) is 6.54 Å². The van der Waals surface area contributed by atoms with E-state index in [1.54, 1.807) is 0 Å². The lowest BCUT2D eigenvalue weighted by atomic mass is 10.0. The highest BCUT2D eigenvalue weighted by Gasteiger charge is 2.25. The van der Waals surface area contributed by atoms with E-state index in [-0.39, 0.29) is 0 Å². The standard InChI is InChI=1S/C17H24N2O/c1-14-12-19(13-15(14)2)10-11-20-17-7-5-16(6-8-17)4-3-9-18/h5-8,14-15H,9-13,18H2,1-2H3. The van der Waals surface area contributed by atoms with Gasteiger partial charge in [-0.05, 0) is 36.1 Å². The number of nitrogens with zero attached hydrogens (tertiary/aromatic N) is 1. The minimum absolute atomic E-state index is 0.394. The Bertz CT molecular complexity index is 462. The lowest BCUT2D eigenvalue weighted by Crippen LogP contribution is -2.26. The van der Waals surface area contributed by atoms with Crippen molar-refractivity contribution in [1.29, 1.82) is 0 Å². The fraction of sp³-hybridized carbons (Fsp3) is 0.529. The predicted molar refractivity (Wildman–Crippen MR) is 82.6 cm³/mol. The highest BCUT2D eigenvalue weighted by Crippen LogP contribution is 2.21. The van der Waals surface area contributed by atoms with Crippen LogP contribution in [0.4, 0.5) is 0 Å². The summed E-state index contributed by atoms with van der Waals surface area (Å²) in [4.78, 5) is 2.48. The van der Waals surface area contributed by atoms with Gasteiger partial charge < -0.3 is 10.5 Å². The summed E-state index contributed by atoms with van der Waals surface area (Å²) in [5.74, 6) is 8.35. The number of nitrogens with two attached hydrogens (primary N) is 1. The molecule has 1 aromatic rings. The zero-order valence-electron chi connectivity index (χ0n) is 12.4. The van der Waals surface area contributed by atoms with E-state index in [1.807, 2.05) is 24.3 Å². The van der Waals surface area contributed by atoms with Gasteiger partial charge in [-0.25, -0.2) is 0 Å². The number of ether oxygens (including phenoxy) is 1. The van der Waals surface area contributed by atoms with Crippen LogP contribution in [0.5, 0.6) is 5.75 Å². The Kier molecular flexibility index (Phi) is 5.46. The van der Waals surface area contributed by atoms with Gasteiger partial charge in [0.15, 0.2) is 0 Å². The van der Waals surface area contributed by atoms with Crippen LogP contribution in [0, 0.1) is 23.7 Å². The van der Waals surface area contributed by atoms with E-state index in [0.717, 1.165) is 36.3 Å². The van der Waals surface area contributed by atoms with E-state index in [1.165, 1.54) is 13.1 Å². The molecule has 2 atom stereocenters. The third kappa shape index (κ3) is 4.26. The molecule has 1 saturated heterocycles. The monoisotopic (exact) mass is 272 g/mol. The first kappa shape index (κ1) is 14.9. The summed E-state index contributed by atoms with van der Waals surface area (Å²) in [7, 11) is 0. The molecule has 0 saturated carbocycles. The molecule has 2 unspecified atom stereocenters. The Morgan fingerprint density at radius 3 is 2.45 bits per heavy atom. The molecule has 0 radical (unpaired) electrons. The summed E-state index contributed by atoms with van der Waals surface area (Å²) in [5, 5.41) is 0. The fourth-order valence-corrected chi connectivity index (χ4v) is 2.51. The van der Waals surface area contributed by atoms with Gasteiger partial charge in [0.2, 0.25) is 0 Å². The highest BCUT2D eigenvalue weighted by molar-refractivity contribution is 5.38. The molecule has 1 aliphatic heterocycles. The van der Waals surface area contributed by atoms with Crippen LogP contribution in [0.15, 0.2) is 24.3 Å². The molecule has 0 aromatic heterocycles. The summed E-state index contributed by atoms with van der Waals surface area (Å²) < 4.78 is 5.78. The number of benzene rings is 1.